The van der Waals surface area contributed by atoms with Crippen LogP contribution in [0.1, 0.15) is 40.4 Å². The number of benzene rings is 2. The average Bonchev–Trinajstić information content (AvgIpc) is 3.55. The van der Waals surface area contributed by atoms with Crippen molar-refractivity contribution in [2.75, 3.05) is 0 Å². The maximum Gasteiger partial charge on any atom is 0.220 e. The molecule has 2 aromatic heterocycles. The van der Waals surface area contributed by atoms with E-state index in [-0.39, 0.29) is 29.0 Å². The summed E-state index contributed by atoms with van der Waals surface area (Å²) in [5, 5.41) is 15.4. The Bertz CT molecular complexity index is 1280. The number of hydrogen-bond donors (Lipinski definition) is 1. The predicted molar refractivity (Wildman–Crippen MR) is 108 cm³/mol. The van der Waals surface area contributed by atoms with Crippen molar-refractivity contribution in [3.8, 4) is 17.4 Å². The van der Waals surface area contributed by atoms with Crippen LogP contribution in [0.5, 0.6) is 17.4 Å². The number of carbonyl (C=O) groups is 1. The molecule has 4 aromatic rings. The van der Waals surface area contributed by atoms with Gasteiger partial charge in [0, 0.05) is 30.1 Å². The number of aromatic nitrogens is 3. The van der Waals surface area contributed by atoms with Crippen LogP contribution in [-0.2, 0) is 7.05 Å². The molecule has 0 spiro atoms. The summed E-state index contributed by atoms with van der Waals surface area (Å²) in [4.78, 5) is 17.6. The molecule has 1 aliphatic rings. The molecule has 1 aliphatic carbocycles. The maximum absolute atomic E-state index is 13.3. The highest BCUT2D eigenvalue weighted by molar-refractivity contribution is 6.13. The van der Waals surface area contributed by atoms with Gasteiger partial charge in [0.15, 0.2) is 5.78 Å². The first kappa shape index (κ1) is 18.3. The minimum atomic E-state index is -0.349. The van der Waals surface area contributed by atoms with Crippen LogP contribution in [0, 0.1) is 5.82 Å². The zero-order chi connectivity index (χ0) is 20.8. The molecule has 0 atom stereocenters. The average molecular weight is 403 g/mol. The van der Waals surface area contributed by atoms with E-state index in [1.807, 2.05) is 0 Å². The number of hydrogen-bond acceptors (Lipinski definition) is 5. The number of carbonyl (C=O) groups excluding carboxylic acids is 1. The van der Waals surface area contributed by atoms with Gasteiger partial charge >= 0.3 is 0 Å². The topological polar surface area (TPSA) is 77.2 Å². The normalized spacial score (nSPS) is 13.5. The third-order valence-corrected chi connectivity index (χ3v) is 5.24. The van der Waals surface area contributed by atoms with E-state index in [9.17, 15) is 14.3 Å². The van der Waals surface area contributed by atoms with Crippen LogP contribution in [0.3, 0.4) is 0 Å². The van der Waals surface area contributed by atoms with Gasteiger partial charge in [-0.15, -0.1) is 0 Å². The van der Waals surface area contributed by atoms with Crippen molar-refractivity contribution in [3.63, 3.8) is 0 Å². The summed E-state index contributed by atoms with van der Waals surface area (Å²) in [6.45, 7) is 0. The van der Waals surface area contributed by atoms with E-state index in [1.54, 1.807) is 37.5 Å². The fraction of sp³-hybridized carbons (Fsp3) is 0.174. The Morgan fingerprint density at radius 3 is 2.67 bits per heavy atom. The van der Waals surface area contributed by atoms with Crippen LogP contribution >= 0.6 is 0 Å². The van der Waals surface area contributed by atoms with Crippen LogP contribution in [-0.4, -0.2) is 25.7 Å². The smallest absolute Gasteiger partial charge is 0.220 e. The zero-order valence-corrected chi connectivity index (χ0v) is 16.2. The number of ketones is 1. The molecule has 2 aromatic carbocycles. The zero-order valence-electron chi connectivity index (χ0n) is 16.2. The molecule has 30 heavy (non-hydrogen) atoms. The molecule has 150 valence electrons. The van der Waals surface area contributed by atoms with Crippen LogP contribution < -0.4 is 4.74 Å². The molecule has 0 aliphatic heterocycles. The standard InChI is InChI=1S/C23H18FN3O3/c1-27-23(29)20(21(26-27)13-2-3-13)22(28)14-4-9-18-17(12-14)19(10-11-25-18)30-16-7-5-15(24)6-8-16/h4-13,29H,2-3H2,1H3. The number of fused-ring (bicyclic) bond motifs is 1. The Balaban J connectivity index is 1.56. The van der Waals surface area contributed by atoms with Crippen molar-refractivity contribution < 1.29 is 19.0 Å². The molecule has 2 heterocycles. The second kappa shape index (κ2) is 6.95. The number of aryl methyl sites for hydroxylation is 1. The molecule has 0 unspecified atom stereocenters. The lowest BCUT2D eigenvalue weighted by molar-refractivity contribution is 0.103. The number of aromatic hydroxyl groups is 1. The SMILES string of the molecule is Cn1nc(C2CC2)c(C(=O)c2ccc3nccc(Oc4ccc(F)cc4)c3c2)c1O. The summed E-state index contributed by atoms with van der Waals surface area (Å²) in [7, 11) is 1.62. The lowest BCUT2D eigenvalue weighted by Gasteiger charge is -2.10. The number of rotatable bonds is 5. The highest BCUT2D eigenvalue weighted by atomic mass is 19.1. The molecular formula is C23H18FN3O3. The van der Waals surface area contributed by atoms with Gasteiger partial charge in [-0.1, -0.05) is 0 Å². The van der Waals surface area contributed by atoms with Crippen LogP contribution in [0.2, 0.25) is 0 Å². The largest absolute Gasteiger partial charge is 0.493 e. The van der Waals surface area contributed by atoms with Crippen molar-refractivity contribution in [2.45, 2.75) is 18.8 Å². The number of nitrogens with zero attached hydrogens (tertiary/aromatic N) is 3. The molecule has 0 amide bonds. The van der Waals surface area contributed by atoms with Gasteiger partial charge in [-0.05, 0) is 61.4 Å². The monoisotopic (exact) mass is 403 g/mol. The van der Waals surface area contributed by atoms with Crippen molar-refractivity contribution in [3.05, 3.63) is 77.4 Å². The molecule has 6 nitrogen and oxygen atoms in total. The molecule has 1 N–H and O–H groups in total. The van der Waals surface area contributed by atoms with Gasteiger partial charge in [-0.2, -0.15) is 5.10 Å². The van der Waals surface area contributed by atoms with Crippen molar-refractivity contribution in [1.29, 1.82) is 0 Å². The van der Waals surface area contributed by atoms with Crippen LogP contribution in [0.4, 0.5) is 4.39 Å². The highest BCUT2D eigenvalue weighted by Gasteiger charge is 2.34. The quantitative estimate of drug-likeness (QED) is 0.488. The lowest BCUT2D eigenvalue weighted by Crippen LogP contribution is -2.04. The molecule has 1 fully saturated rings. The first-order chi connectivity index (χ1) is 14.5. The van der Waals surface area contributed by atoms with Crippen LogP contribution in [0.15, 0.2) is 54.7 Å². The molecule has 1 saturated carbocycles. The number of halogens is 1. The number of pyridine rings is 1. The van der Waals surface area contributed by atoms with E-state index in [2.05, 4.69) is 10.1 Å². The van der Waals surface area contributed by atoms with Gasteiger partial charge in [0.2, 0.25) is 5.88 Å². The van der Waals surface area contributed by atoms with E-state index in [0.717, 1.165) is 12.8 Å². The van der Waals surface area contributed by atoms with Gasteiger partial charge in [0.1, 0.15) is 22.9 Å². The Hall–Kier alpha value is -3.74. The van der Waals surface area contributed by atoms with Gasteiger partial charge in [-0.3, -0.25) is 9.78 Å². The predicted octanol–water partition coefficient (Wildman–Crippen LogP) is 4.71. The van der Waals surface area contributed by atoms with E-state index >= 15 is 0 Å². The second-order valence-electron chi connectivity index (χ2n) is 7.41. The summed E-state index contributed by atoms with van der Waals surface area (Å²) < 4.78 is 20.4. The van der Waals surface area contributed by atoms with E-state index in [1.165, 1.54) is 28.9 Å². The maximum atomic E-state index is 13.3. The lowest BCUT2D eigenvalue weighted by atomic mass is 9.99. The molecule has 0 bridgehead atoms. The first-order valence-corrected chi connectivity index (χ1v) is 9.64. The van der Waals surface area contributed by atoms with Crippen LogP contribution in [0.25, 0.3) is 10.9 Å². The van der Waals surface area contributed by atoms with Crippen molar-refractivity contribution in [1.82, 2.24) is 14.8 Å². The Morgan fingerprint density at radius 2 is 1.93 bits per heavy atom. The van der Waals surface area contributed by atoms with Crippen molar-refractivity contribution in [2.24, 2.45) is 7.05 Å². The van der Waals surface area contributed by atoms with E-state index in [4.69, 9.17) is 4.74 Å². The highest BCUT2D eigenvalue weighted by Crippen LogP contribution is 2.43. The van der Waals surface area contributed by atoms with Gasteiger partial charge in [-0.25, -0.2) is 9.07 Å². The Morgan fingerprint density at radius 1 is 1.17 bits per heavy atom. The molecule has 0 saturated heterocycles. The minimum absolute atomic E-state index is 0.129. The minimum Gasteiger partial charge on any atom is -0.493 e. The molecule has 0 radical (unpaired) electrons. The fourth-order valence-corrected chi connectivity index (χ4v) is 3.52. The third-order valence-electron chi connectivity index (χ3n) is 5.24. The van der Waals surface area contributed by atoms with Gasteiger partial charge in [0.25, 0.3) is 0 Å². The summed E-state index contributed by atoms with van der Waals surface area (Å²) in [5.74, 6) is 0.422. The first-order valence-electron chi connectivity index (χ1n) is 9.64. The second-order valence-corrected chi connectivity index (χ2v) is 7.41. The van der Waals surface area contributed by atoms with E-state index < -0.39 is 0 Å². The van der Waals surface area contributed by atoms with Gasteiger partial charge < -0.3 is 9.84 Å². The van der Waals surface area contributed by atoms with Crippen molar-refractivity contribution >= 4 is 16.7 Å². The summed E-state index contributed by atoms with van der Waals surface area (Å²) >= 11 is 0. The Kier molecular flexibility index (Phi) is 4.24. The molecule has 5 rings (SSSR count). The summed E-state index contributed by atoms with van der Waals surface area (Å²) in [6, 6.07) is 12.5. The summed E-state index contributed by atoms with van der Waals surface area (Å²) in [6.07, 6.45) is 3.54. The van der Waals surface area contributed by atoms with Gasteiger partial charge in [0.05, 0.1) is 11.2 Å². The number of ether oxygens (including phenoxy) is 1. The fourth-order valence-electron chi connectivity index (χ4n) is 3.52. The summed E-state index contributed by atoms with van der Waals surface area (Å²) in [5.41, 5.74) is 1.96. The third kappa shape index (κ3) is 3.18. The molecule has 7 heteroatoms. The molecular weight excluding hydrogens is 385 g/mol. The Labute approximate surface area is 171 Å². The van der Waals surface area contributed by atoms with E-state index in [0.29, 0.717) is 33.7 Å².